The van der Waals surface area contributed by atoms with Crippen LogP contribution in [0.1, 0.15) is 22.3 Å². The summed E-state index contributed by atoms with van der Waals surface area (Å²) in [6.07, 6.45) is 0. The number of nitrogens with zero attached hydrogens (tertiary/aromatic N) is 1. The molecule has 0 atom stereocenters. The van der Waals surface area contributed by atoms with Gasteiger partial charge >= 0.3 is 0 Å². The van der Waals surface area contributed by atoms with Gasteiger partial charge in [0.2, 0.25) is 0 Å². The normalized spacial score (nSPS) is 12.8. The fraction of sp³-hybridized carbons (Fsp3) is 0.0164. The molecule has 2 aromatic heterocycles. The zero-order valence-electron chi connectivity index (χ0n) is 34.8. The van der Waals surface area contributed by atoms with Crippen molar-refractivity contribution in [3.63, 3.8) is 0 Å². The minimum atomic E-state index is -0.514. The van der Waals surface area contributed by atoms with Gasteiger partial charge in [-0.15, -0.1) is 11.3 Å². The minimum Gasteiger partial charge on any atom is -0.456 e. The van der Waals surface area contributed by atoms with Crippen LogP contribution in [0.4, 0.5) is 17.1 Å². The van der Waals surface area contributed by atoms with Crippen LogP contribution in [0.2, 0.25) is 0 Å². The lowest BCUT2D eigenvalue weighted by Crippen LogP contribution is -2.28. The highest BCUT2D eigenvalue weighted by Crippen LogP contribution is 2.59. The van der Waals surface area contributed by atoms with Gasteiger partial charge in [-0.05, 0) is 111 Å². The maximum Gasteiger partial charge on any atom is 0.136 e. The van der Waals surface area contributed by atoms with E-state index in [1.807, 2.05) is 17.4 Å². The second-order valence-electron chi connectivity index (χ2n) is 16.7. The molecule has 0 saturated carbocycles. The van der Waals surface area contributed by atoms with Crippen molar-refractivity contribution < 1.29 is 4.42 Å². The van der Waals surface area contributed by atoms with Gasteiger partial charge < -0.3 is 9.32 Å². The monoisotopic (exact) mass is 833 g/mol. The van der Waals surface area contributed by atoms with Crippen LogP contribution in [0, 0.1) is 0 Å². The van der Waals surface area contributed by atoms with E-state index in [2.05, 4.69) is 235 Å². The lowest BCUT2D eigenvalue weighted by Gasteiger charge is -2.34. The number of rotatable bonds is 7. The van der Waals surface area contributed by atoms with Crippen LogP contribution in [0.15, 0.2) is 241 Å². The summed E-state index contributed by atoms with van der Waals surface area (Å²) in [6.45, 7) is 0. The molecule has 1 aliphatic rings. The summed E-state index contributed by atoms with van der Waals surface area (Å²) < 4.78 is 8.95. The van der Waals surface area contributed by atoms with Gasteiger partial charge in [0, 0.05) is 47.9 Å². The van der Waals surface area contributed by atoms with E-state index in [1.54, 1.807) is 0 Å². The van der Waals surface area contributed by atoms with Crippen molar-refractivity contribution in [2.24, 2.45) is 0 Å². The van der Waals surface area contributed by atoms with Crippen molar-refractivity contribution in [3.8, 4) is 33.4 Å². The van der Waals surface area contributed by atoms with Crippen LogP contribution >= 0.6 is 11.3 Å². The van der Waals surface area contributed by atoms with Gasteiger partial charge in [0.15, 0.2) is 0 Å². The zero-order valence-corrected chi connectivity index (χ0v) is 35.6. The van der Waals surface area contributed by atoms with Gasteiger partial charge in [0.05, 0.1) is 11.1 Å². The van der Waals surface area contributed by atoms with Gasteiger partial charge in [-0.2, -0.15) is 0 Å². The van der Waals surface area contributed by atoms with Gasteiger partial charge in [-0.3, -0.25) is 0 Å². The summed E-state index contributed by atoms with van der Waals surface area (Å²) in [5, 5.41) is 4.89. The van der Waals surface area contributed by atoms with Crippen molar-refractivity contribution in [1.29, 1.82) is 0 Å². The highest BCUT2D eigenvalue weighted by Gasteiger charge is 2.47. The number of hydrogen-bond donors (Lipinski definition) is 0. The summed E-state index contributed by atoms with van der Waals surface area (Å²) in [5.41, 5.74) is 16.8. The molecule has 0 saturated heterocycles. The third kappa shape index (κ3) is 5.51. The summed E-state index contributed by atoms with van der Waals surface area (Å²) in [7, 11) is 0. The Morgan fingerprint density at radius 2 is 0.938 bits per heavy atom. The zero-order chi connectivity index (χ0) is 42.2. The molecule has 13 rings (SSSR count). The van der Waals surface area contributed by atoms with E-state index < -0.39 is 5.41 Å². The second kappa shape index (κ2) is 14.6. The quantitative estimate of drug-likeness (QED) is 0.159. The highest BCUT2D eigenvalue weighted by atomic mass is 32.1. The molecule has 64 heavy (non-hydrogen) atoms. The smallest absolute Gasteiger partial charge is 0.136 e. The standard InChI is InChI=1S/C61H39NOS/c1-3-15-43(16-4-1)61(44-17-5-2-6-18-44)52-23-10-7-20-49(52)60-53(61)24-14-25-54(60)62(45-34-29-40(30-35-45)42-33-38-58-51(39-42)48-19-9-12-28-57(48)64-58)46-36-31-41(32-37-46)47-22-13-27-56-59(47)50-21-8-11-26-55(50)63-56/h1-39H. The van der Waals surface area contributed by atoms with E-state index in [9.17, 15) is 0 Å². The third-order valence-corrected chi connectivity index (χ3v) is 14.5. The number of para-hydroxylation sites is 1. The molecule has 0 unspecified atom stereocenters. The van der Waals surface area contributed by atoms with Crippen molar-refractivity contribution in [2.75, 3.05) is 4.90 Å². The molecule has 0 bridgehead atoms. The lowest BCUT2D eigenvalue weighted by atomic mass is 9.68. The van der Waals surface area contributed by atoms with Crippen LogP contribution in [0.3, 0.4) is 0 Å². The molecule has 0 N–H and O–H groups in total. The molecule has 10 aromatic carbocycles. The Bertz CT molecular complexity index is 3670. The van der Waals surface area contributed by atoms with Gasteiger partial charge in [-0.1, -0.05) is 176 Å². The molecule has 1 aliphatic carbocycles. The van der Waals surface area contributed by atoms with Crippen LogP contribution in [-0.2, 0) is 5.41 Å². The van der Waals surface area contributed by atoms with Gasteiger partial charge in [-0.25, -0.2) is 0 Å². The van der Waals surface area contributed by atoms with Crippen molar-refractivity contribution >= 4 is 70.5 Å². The predicted octanol–water partition coefficient (Wildman–Crippen LogP) is 17.1. The maximum atomic E-state index is 6.31. The Balaban J connectivity index is 1.01. The second-order valence-corrected chi connectivity index (χ2v) is 17.8. The Hall–Kier alpha value is -7.98. The van der Waals surface area contributed by atoms with Crippen LogP contribution in [-0.4, -0.2) is 0 Å². The Labute approximate surface area is 375 Å². The molecule has 0 radical (unpaired) electrons. The number of anilines is 3. The van der Waals surface area contributed by atoms with Crippen LogP contribution in [0.5, 0.6) is 0 Å². The first-order valence-electron chi connectivity index (χ1n) is 21.9. The topological polar surface area (TPSA) is 16.4 Å². The van der Waals surface area contributed by atoms with Crippen LogP contribution in [0.25, 0.3) is 75.5 Å². The van der Waals surface area contributed by atoms with Gasteiger partial charge in [0.1, 0.15) is 11.2 Å². The van der Waals surface area contributed by atoms with Crippen LogP contribution < -0.4 is 4.90 Å². The fourth-order valence-electron chi connectivity index (χ4n) is 10.6. The summed E-state index contributed by atoms with van der Waals surface area (Å²) in [6, 6.07) is 86.6. The largest absolute Gasteiger partial charge is 0.456 e. The fourth-order valence-corrected chi connectivity index (χ4v) is 11.7. The van der Waals surface area contributed by atoms with E-state index in [1.165, 1.54) is 64.7 Å². The lowest BCUT2D eigenvalue weighted by molar-refractivity contribution is 0.669. The molecule has 3 heteroatoms. The maximum absolute atomic E-state index is 6.31. The summed E-state index contributed by atoms with van der Waals surface area (Å²) in [5.74, 6) is 0. The first-order chi connectivity index (χ1) is 31.7. The van der Waals surface area contributed by atoms with Crippen molar-refractivity contribution in [3.05, 3.63) is 259 Å². The number of hydrogen-bond acceptors (Lipinski definition) is 3. The SMILES string of the molecule is c1ccc(C2(c3ccccc3)c3ccccc3-c3c(N(c4ccc(-c5ccc6sc7ccccc7c6c5)cc4)c4ccc(-c5cccc6oc7ccccc7c56)cc4)cccc32)cc1. The molecule has 0 fully saturated rings. The Morgan fingerprint density at radius 1 is 0.375 bits per heavy atom. The number of fused-ring (bicyclic) bond motifs is 9. The van der Waals surface area contributed by atoms with E-state index >= 15 is 0 Å². The molecule has 2 nitrogen and oxygen atoms in total. The number of benzene rings is 10. The van der Waals surface area contributed by atoms with E-state index in [0.29, 0.717) is 0 Å². The number of thiophene rings is 1. The molecular formula is C61H39NOS. The molecule has 0 spiro atoms. The average molecular weight is 834 g/mol. The Kier molecular flexibility index (Phi) is 8.34. The predicted molar refractivity (Wildman–Crippen MR) is 269 cm³/mol. The van der Waals surface area contributed by atoms with Gasteiger partial charge in [0.25, 0.3) is 0 Å². The molecule has 2 heterocycles. The van der Waals surface area contributed by atoms with Crippen molar-refractivity contribution in [1.82, 2.24) is 0 Å². The molecule has 12 aromatic rings. The molecule has 0 amide bonds. The average Bonchev–Trinajstić information content (AvgIpc) is 4.04. The molecule has 300 valence electrons. The first kappa shape index (κ1) is 36.7. The minimum absolute atomic E-state index is 0.514. The number of furan rings is 1. The van der Waals surface area contributed by atoms with E-state index in [-0.39, 0.29) is 0 Å². The third-order valence-electron chi connectivity index (χ3n) is 13.4. The van der Waals surface area contributed by atoms with E-state index in [0.717, 1.165) is 50.1 Å². The van der Waals surface area contributed by atoms with Crippen molar-refractivity contribution in [2.45, 2.75) is 5.41 Å². The Morgan fingerprint density at radius 3 is 1.70 bits per heavy atom. The first-order valence-corrected chi connectivity index (χ1v) is 22.7. The summed E-state index contributed by atoms with van der Waals surface area (Å²) >= 11 is 1.86. The summed E-state index contributed by atoms with van der Waals surface area (Å²) in [4.78, 5) is 2.46. The van der Waals surface area contributed by atoms with E-state index in [4.69, 9.17) is 4.42 Å². The highest BCUT2D eigenvalue weighted by molar-refractivity contribution is 7.25. The molecular weight excluding hydrogens is 795 g/mol. The molecule has 0 aliphatic heterocycles.